The molecule has 3 aromatic heterocycles. The fraction of sp³-hybridized carbons (Fsp3) is 0.283. The van der Waals surface area contributed by atoms with Crippen LogP contribution in [0.15, 0.2) is 91.8 Å². The van der Waals surface area contributed by atoms with Crippen molar-refractivity contribution < 1.29 is 88.1 Å². The van der Waals surface area contributed by atoms with E-state index in [2.05, 4.69) is 35.6 Å². The van der Waals surface area contributed by atoms with E-state index >= 15 is 0 Å². The molecule has 3 N–H and O–H groups in total. The standard InChI is InChI=1S/C16H13F5N4O.C15H16FN3O2.C12H10FN3O2.C3H5F2N.ClH.Li.H2O/c1-10-4-11(6-12(5-10)16(19,20)21)14-22-9-25(23-14)3-2-13(26)24-7-15(17,18)8-24;1-10(2)21-14(20)4-5-19-9-17-15(18-19)12-6-11(3)7-13(16)8-12;1-8-4-9(6-10(13)5-8)12-14-7-16(15-12)3-2-11(17)18;4-3(5)1-6-2-3;;;/h2-6,9H,7-8H2,1H3;4-10H,1-3H3;2-7H,1H3,(H,17,18);6H,1-2H2;1H;;1H2/q;;;;;+1;/p-1/b3-2-;5-4-;3-2-;;;;. The number of carbonyl (C=O) groups is 3. The number of alkyl halides is 7. The van der Waals surface area contributed by atoms with Gasteiger partial charge in [0.05, 0.1) is 37.8 Å². The minimum absolute atomic E-state index is 0. The van der Waals surface area contributed by atoms with E-state index in [1.165, 1.54) is 90.3 Å². The molecule has 392 valence electrons. The third-order valence-electron chi connectivity index (χ3n) is 9.17. The van der Waals surface area contributed by atoms with Gasteiger partial charge < -0.3 is 25.5 Å². The average Bonchev–Trinajstić information content (AvgIpc) is 4.04. The number of halogens is 10. The van der Waals surface area contributed by atoms with Crippen molar-refractivity contribution in [2.24, 2.45) is 0 Å². The van der Waals surface area contributed by atoms with Crippen molar-refractivity contribution in [3.05, 3.63) is 126 Å². The number of likely N-dealkylation sites (tertiary alicyclic amines) is 1. The third-order valence-corrected chi connectivity index (χ3v) is 9.17. The van der Waals surface area contributed by atoms with Gasteiger partial charge in [0, 0.05) is 53.5 Å². The number of hydrogen-bond acceptors (Lipinski definition) is 12. The molecule has 0 radical (unpaired) electrons. The van der Waals surface area contributed by atoms with Crippen LogP contribution in [0.25, 0.3) is 52.8 Å². The fourth-order valence-electron chi connectivity index (χ4n) is 6.02. The zero-order chi connectivity index (χ0) is 52.3. The van der Waals surface area contributed by atoms with Gasteiger partial charge in [0.15, 0.2) is 17.5 Å². The Labute approximate surface area is 434 Å². The summed E-state index contributed by atoms with van der Waals surface area (Å²) in [7, 11) is 0. The molecule has 2 aliphatic rings. The second kappa shape index (κ2) is 27.3. The number of amides is 1. The van der Waals surface area contributed by atoms with Crippen molar-refractivity contribution in [2.45, 2.75) is 58.7 Å². The number of rotatable bonds is 10. The Hall–Kier alpha value is -7.11. The number of nitrogens with one attached hydrogen (secondary N) is 1. The summed E-state index contributed by atoms with van der Waals surface area (Å²) < 4.78 is 122. The van der Waals surface area contributed by atoms with E-state index in [1.807, 2.05) is 0 Å². The molecule has 2 fully saturated rings. The number of aryl methyl sites for hydroxylation is 3. The number of benzene rings is 3. The van der Waals surface area contributed by atoms with Crippen LogP contribution >= 0.6 is 12.4 Å². The predicted molar refractivity (Wildman–Crippen MR) is 249 cm³/mol. The number of esters is 1. The van der Waals surface area contributed by atoms with Crippen molar-refractivity contribution in [3.8, 4) is 34.2 Å². The Balaban J connectivity index is 0.000000356. The second-order valence-corrected chi connectivity index (χ2v) is 16.0. The zero-order valence-electron chi connectivity index (χ0n) is 40.1. The zero-order valence-corrected chi connectivity index (χ0v) is 40.9. The number of nitrogens with zero attached hydrogens (tertiary/aromatic N) is 10. The Kier molecular flexibility index (Phi) is 23.2. The second-order valence-electron chi connectivity index (χ2n) is 16.0. The van der Waals surface area contributed by atoms with Crippen LogP contribution in [0, 0.1) is 32.4 Å². The van der Waals surface area contributed by atoms with Crippen LogP contribution in [0.4, 0.5) is 39.5 Å². The fourth-order valence-corrected chi connectivity index (χ4v) is 6.02. The van der Waals surface area contributed by atoms with Gasteiger partial charge in [-0.1, -0.05) is 0 Å². The van der Waals surface area contributed by atoms with E-state index < -0.39 is 54.5 Å². The summed E-state index contributed by atoms with van der Waals surface area (Å²) in [6.07, 6.45) is 6.48. The van der Waals surface area contributed by atoms with E-state index in [9.17, 15) is 53.9 Å². The monoisotopic (exact) mass is 1060 g/mol. The van der Waals surface area contributed by atoms with Gasteiger partial charge in [0.1, 0.15) is 30.6 Å². The number of aliphatic carboxylic acids is 1. The molecule has 0 atom stereocenters. The minimum atomic E-state index is -4.49. The van der Waals surface area contributed by atoms with Crippen molar-refractivity contribution in [2.75, 3.05) is 26.2 Å². The summed E-state index contributed by atoms with van der Waals surface area (Å²) in [4.78, 5) is 46.4. The van der Waals surface area contributed by atoms with E-state index in [-0.39, 0.29) is 79.0 Å². The van der Waals surface area contributed by atoms with Crippen LogP contribution in [-0.2, 0) is 25.3 Å². The van der Waals surface area contributed by atoms with Crippen LogP contribution in [0.1, 0.15) is 36.1 Å². The van der Waals surface area contributed by atoms with E-state index in [0.29, 0.717) is 28.3 Å². The molecule has 0 saturated carbocycles. The first kappa shape index (κ1) is 63.0. The van der Waals surface area contributed by atoms with Gasteiger partial charge >= 0.3 is 37.0 Å². The average molecular weight is 1060 g/mol. The molecule has 17 nitrogen and oxygen atoms in total. The first-order valence-electron chi connectivity index (χ1n) is 20.9. The summed E-state index contributed by atoms with van der Waals surface area (Å²) in [6, 6.07) is 12.5. The summed E-state index contributed by atoms with van der Waals surface area (Å²) in [6.45, 7) is 7.10. The molecule has 0 aliphatic carbocycles. The SMILES string of the molecule is Cc1cc(-c2ncn(/C=C\C(=O)N3CC(F)(F)C3)n2)cc(C(F)(F)F)c1.Cc1cc(F)cc(-c2ncn(/C=C\C(=O)O)n2)c1.Cc1cc(F)cc(-c2ncn(/C=C\C(=O)OC(C)C)n2)c1.Cl.FC1(F)CNC1.[Li+].[OH-]. The van der Waals surface area contributed by atoms with Gasteiger partial charge in [0.25, 0.3) is 11.8 Å². The molecule has 2 saturated heterocycles. The summed E-state index contributed by atoms with van der Waals surface area (Å²) >= 11 is 0. The quantitative estimate of drug-likeness (QED) is 0.0756. The van der Waals surface area contributed by atoms with Gasteiger partial charge in [-0.15, -0.1) is 27.7 Å². The molecular weight excluding hydrogens is 1020 g/mol. The number of hydrogen-bond donors (Lipinski definition) is 2. The molecule has 5 heterocycles. The molecule has 0 bridgehead atoms. The van der Waals surface area contributed by atoms with Gasteiger partial charge in [-0.05, 0) is 106 Å². The Morgan fingerprint density at radius 3 is 1.41 bits per heavy atom. The van der Waals surface area contributed by atoms with Gasteiger partial charge in [0.2, 0.25) is 5.91 Å². The van der Waals surface area contributed by atoms with Crippen LogP contribution in [-0.4, -0.2) is 122 Å². The molecule has 74 heavy (non-hydrogen) atoms. The molecule has 6 aromatic rings. The maximum atomic E-state index is 13.4. The van der Waals surface area contributed by atoms with Gasteiger partial charge in [-0.3, -0.25) is 4.79 Å². The number of aromatic nitrogens is 9. The first-order valence-corrected chi connectivity index (χ1v) is 20.9. The predicted octanol–water partition coefficient (Wildman–Crippen LogP) is 5.46. The minimum Gasteiger partial charge on any atom is -0.870 e. The first-order chi connectivity index (χ1) is 33.2. The number of carboxylic acid groups (broad SMARTS) is 1. The number of carbonyl (C=O) groups excluding carboxylic acids is 2. The smallest absolute Gasteiger partial charge is 0.870 e. The molecule has 0 unspecified atom stereocenters. The number of carboxylic acids is 1. The summed E-state index contributed by atoms with van der Waals surface area (Å²) in [5.74, 6) is -7.30. The molecule has 28 heteroatoms. The molecule has 0 spiro atoms. The summed E-state index contributed by atoms with van der Waals surface area (Å²) in [5, 5.41) is 23.1. The summed E-state index contributed by atoms with van der Waals surface area (Å²) in [5.41, 5.74) is 2.46. The molecular formula is C46H46ClF9LiN11O6. The molecule has 1 amide bonds. The van der Waals surface area contributed by atoms with Crippen molar-refractivity contribution in [3.63, 3.8) is 0 Å². The number of ether oxygens (including phenoxy) is 1. The Morgan fingerprint density at radius 2 is 1.05 bits per heavy atom. The Morgan fingerprint density at radius 1 is 0.662 bits per heavy atom. The molecule has 3 aromatic carbocycles. The third kappa shape index (κ3) is 20.1. The van der Waals surface area contributed by atoms with Crippen molar-refractivity contribution in [1.82, 2.24) is 54.5 Å². The molecule has 8 rings (SSSR count). The molecule has 2 aliphatic heterocycles. The van der Waals surface area contributed by atoms with E-state index in [0.717, 1.165) is 45.0 Å². The van der Waals surface area contributed by atoms with Crippen LogP contribution in [0.2, 0.25) is 0 Å². The largest absolute Gasteiger partial charge is 1.00 e. The normalized spacial score (nSPS) is 14.1. The van der Waals surface area contributed by atoms with Crippen molar-refractivity contribution in [1.29, 1.82) is 0 Å². The maximum absolute atomic E-state index is 13.4. The van der Waals surface area contributed by atoms with E-state index in [1.54, 1.807) is 39.8 Å². The Bertz CT molecular complexity index is 2890. The van der Waals surface area contributed by atoms with Crippen LogP contribution < -0.4 is 24.2 Å². The maximum Gasteiger partial charge on any atom is 1.00 e. The van der Waals surface area contributed by atoms with Crippen LogP contribution in [0.3, 0.4) is 0 Å². The van der Waals surface area contributed by atoms with E-state index in [4.69, 9.17) is 9.84 Å². The van der Waals surface area contributed by atoms with Gasteiger partial charge in [-0.25, -0.2) is 64.9 Å². The topological polar surface area (TPSA) is 218 Å². The van der Waals surface area contributed by atoms with Crippen LogP contribution in [0.5, 0.6) is 0 Å². The van der Waals surface area contributed by atoms with Gasteiger partial charge in [-0.2, -0.15) is 13.2 Å². The van der Waals surface area contributed by atoms with Crippen molar-refractivity contribution >= 4 is 48.9 Å².